The van der Waals surface area contributed by atoms with Crippen LogP contribution in [0, 0.1) is 17.7 Å². The highest BCUT2D eigenvalue weighted by Gasteiger charge is 2.52. The predicted molar refractivity (Wildman–Crippen MR) is 215 cm³/mol. The van der Waals surface area contributed by atoms with Gasteiger partial charge in [0.1, 0.15) is 11.9 Å². The highest BCUT2D eigenvalue weighted by atomic mass is 32.2. The van der Waals surface area contributed by atoms with Gasteiger partial charge in [-0.05, 0) is 81.5 Å². The van der Waals surface area contributed by atoms with E-state index in [1.807, 2.05) is 49.6 Å². The van der Waals surface area contributed by atoms with E-state index in [1.54, 1.807) is 6.92 Å². The maximum Gasteiger partial charge on any atom is 0.416 e. The SMILES string of the molecule is CC.CCCCC/C=C\C1CC1C(=O)NS(=O)(=O)C1(C)CC1.NC(=O)C1CCCN1C(=O)CNc1cc(F)cc(C(F)(F)F)c1.O=c1[nH]c(-c2ccccc2)cs1. The molecule has 2 aromatic carbocycles. The first kappa shape index (κ1) is 46.9. The number of thiazole rings is 1. The van der Waals surface area contributed by atoms with E-state index >= 15 is 0 Å². The van der Waals surface area contributed by atoms with Gasteiger partial charge in [-0.15, -0.1) is 0 Å². The van der Waals surface area contributed by atoms with Crippen LogP contribution in [0.3, 0.4) is 0 Å². The molecule has 57 heavy (non-hydrogen) atoms. The first-order valence-corrected chi connectivity index (χ1v) is 21.5. The molecule has 1 saturated heterocycles. The maximum atomic E-state index is 13.3. The molecule has 3 aromatic rings. The lowest BCUT2D eigenvalue weighted by molar-refractivity contribution is -0.137. The number of hydrogen-bond donors (Lipinski definition) is 4. The van der Waals surface area contributed by atoms with Crippen LogP contribution in [-0.4, -0.2) is 59.9 Å². The molecule has 3 aliphatic rings. The van der Waals surface area contributed by atoms with E-state index in [0.717, 1.165) is 30.2 Å². The lowest BCUT2D eigenvalue weighted by atomic mass is 10.2. The lowest BCUT2D eigenvalue weighted by Crippen LogP contribution is -2.45. The van der Waals surface area contributed by atoms with E-state index in [2.05, 4.69) is 34.1 Å². The number of anilines is 1. The molecule has 2 saturated carbocycles. The third kappa shape index (κ3) is 14.4. The molecule has 5 N–H and O–H groups in total. The van der Waals surface area contributed by atoms with E-state index in [9.17, 15) is 45.2 Å². The van der Waals surface area contributed by atoms with Gasteiger partial charge in [-0.25, -0.2) is 12.8 Å². The minimum atomic E-state index is -4.69. The summed E-state index contributed by atoms with van der Waals surface area (Å²) in [7, 11) is -3.47. The van der Waals surface area contributed by atoms with Crippen LogP contribution in [0.5, 0.6) is 0 Å². The number of carbonyl (C=O) groups excluding carboxylic acids is 3. The number of aromatic nitrogens is 1. The normalized spacial score (nSPS) is 19.2. The summed E-state index contributed by atoms with van der Waals surface area (Å²) in [6.45, 7) is 7.86. The number of nitrogens with one attached hydrogen (secondary N) is 3. The quantitative estimate of drug-likeness (QED) is 0.0779. The first-order chi connectivity index (χ1) is 26.9. The zero-order valence-corrected chi connectivity index (χ0v) is 34.3. The van der Waals surface area contributed by atoms with Crippen molar-refractivity contribution in [2.24, 2.45) is 17.6 Å². The minimum absolute atomic E-state index is 0.00569. The third-order valence-electron chi connectivity index (χ3n) is 9.55. The number of rotatable bonds is 13. The topological polar surface area (TPSA) is 172 Å². The second kappa shape index (κ2) is 21.3. The van der Waals surface area contributed by atoms with Gasteiger partial charge in [-0.1, -0.05) is 87.4 Å². The van der Waals surface area contributed by atoms with E-state index in [-0.39, 0.29) is 34.8 Å². The number of carbonyl (C=O) groups is 3. The van der Waals surface area contributed by atoms with Gasteiger partial charge in [-0.3, -0.25) is 23.9 Å². The summed E-state index contributed by atoms with van der Waals surface area (Å²) in [5.74, 6) is -2.40. The number of allylic oxidation sites excluding steroid dienone is 2. The van der Waals surface area contributed by atoms with Crippen molar-refractivity contribution < 1.29 is 40.4 Å². The highest BCUT2D eigenvalue weighted by Crippen LogP contribution is 2.44. The van der Waals surface area contributed by atoms with Crippen LogP contribution in [0.4, 0.5) is 23.2 Å². The van der Waals surface area contributed by atoms with Gasteiger partial charge in [-0.2, -0.15) is 13.2 Å². The summed E-state index contributed by atoms with van der Waals surface area (Å²) in [6.07, 6.45) is 7.36. The highest BCUT2D eigenvalue weighted by molar-refractivity contribution is 7.91. The Morgan fingerprint density at radius 1 is 1.09 bits per heavy atom. The minimum Gasteiger partial charge on any atom is -0.376 e. The number of nitrogens with two attached hydrogens (primary N) is 1. The fourth-order valence-electron chi connectivity index (χ4n) is 5.82. The number of halogens is 4. The number of nitrogens with zero attached hydrogens (tertiary/aromatic N) is 1. The van der Waals surface area contributed by atoms with Crippen molar-refractivity contribution in [3.63, 3.8) is 0 Å². The molecule has 3 unspecified atom stereocenters. The Morgan fingerprint density at radius 3 is 2.35 bits per heavy atom. The lowest BCUT2D eigenvalue weighted by Gasteiger charge is -2.22. The van der Waals surface area contributed by atoms with Crippen LogP contribution < -0.4 is 20.6 Å². The Bertz CT molecular complexity index is 1980. The molecule has 11 nitrogen and oxygen atoms in total. The Kier molecular flexibility index (Phi) is 17.5. The molecule has 3 amide bonds. The molecule has 1 aromatic heterocycles. The van der Waals surface area contributed by atoms with Gasteiger partial charge >= 0.3 is 11.0 Å². The average Bonchev–Trinajstić information content (AvgIpc) is 4.01. The molecule has 0 bridgehead atoms. The fourth-order valence-corrected chi connectivity index (χ4v) is 7.71. The number of aromatic amines is 1. The van der Waals surface area contributed by atoms with Gasteiger partial charge in [0.05, 0.1) is 22.5 Å². The van der Waals surface area contributed by atoms with Crippen LogP contribution in [0.15, 0.2) is 70.9 Å². The molecule has 0 radical (unpaired) electrons. The van der Waals surface area contributed by atoms with Crippen molar-refractivity contribution in [1.82, 2.24) is 14.6 Å². The Balaban J connectivity index is 0.000000233. The zero-order chi connectivity index (χ0) is 42.4. The fraction of sp³-hybridized carbons (Fsp3) is 0.500. The molecule has 314 valence electrons. The van der Waals surface area contributed by atoms with Gasteiger partial charge in [0.25, 0.3) is 0 Å². The number of H-pyrrole nitrogens is 1. The molecule has 2 aliphatic carbocycles. The Morgan fingerprint density at radius 2 is 1.77 bits per heavy atom. The van der Waals surface area contributed by atoms with Crippen molar-refractivity contribution in [1.29, 1.82) is 0 Å². The number of benzene rings is 2. The van der Waals surface area contributed by atoms with Crippen LogP contribution in [0.1, 0.15) is 91.0 Å². The molecule has 3 fully saturated rings. The smallest absolute Gasteiger partial charge is 0.376 e. The molecular weight excluding hydrogens is 787 g/mol. The molecule has 6 rings (SSSR count). The molecule has 1 aliphatic heterocycles. The molecule has 2 heterocycles. The van der Waals surface area contributed by atoms with Crippen molar-refractivity contribution in [3.8, 4) is 11.3 Å². The van der Waals surface area contributed by atoms with Crippen molar-refractivity contribution in [3.05, 3.63) is 87.1 Å². The second-order valence-corrected chi connectivity index (χ2v) is 17.0. The number of hydrogen-bond acceptors (Lipinski definition) is 8. The van der Waals surface area contributed by atoms with Gasteiger partial charge in [0.15, 0.2) is 0 Å². The van der Waals surface area contributed by atoms with Crippen LogP contribution >= 0.6 is 11.3 Å². The molecule has 3 atom stereocenters. The van der Waals surface area contributed by atoms with Gasteiger partial charge in [0.2, 0.25) is 27.7 Å². The summed E-state index contributed by atoms with van der Waals surface area (Å²) in [6, 6.07) is 11.0. The summed E-state index contributed by atoms with van der Waals surface area (Å²) in [5, 5.41) is 4.28. The number of primary amides is 1. The molecule has 0 spiro atoms. The van der Waals surface area contributed by atoms with Gasteiger partial charge < -0.3 is 20.9 Å². The Labute approximate surface area is 335 Å². The number of amides is 3. The number of sulfonamides is 1. The van der Waals surface area contributed by atoms with Crippen molar-refractivity contribution in [2.75, 3.05) is 18.4 Å². The second-order valence-electron chi connectivity index (χ2n) is 14.0. The number of alkyl halides is 3. The maximum absolute atomic E-state index is 13.3. The zero-order valence-electron chi connectivity index (χ0n) is 32.7. The number of unbranched alkanes of at least 4 members (excludes halogenated alkanes) is 3. The van der Waals surface area contributed by atoms with Crippen molar-refractivity contribution in [2.45, 2.75) is 102 Å². The standard InChI is InChI=1S/C15H25NO3S.C14H15F4N3O2.C9H7NOS.C2H6/c1-3-4-5-6-7-8-12-11-13(12)14(17)16-20(18,19)15(2)9-10-15;15-9-4-8(14(16,17)18)5-10(6-9)20-7-12(22)21-3-1-2-11(21)13(19)23;11-9-10-8(6-12-9)7-4-2-1-3-5-7;1-2/h7-8,12-13H,3-6,9-11H2,1-2H3,(H,16,17);4-6,11,20H,1-3,7H2,(H2,19,23);1-6H,(H,10,11);1-2H3/b8-7-;;;. The average molecular weight is 840 g/mol. The van der Waals surface area contributed by atoms with E-state index in [0.29, 0.717) is 44.4 Å². The monoisotopic (exact) mass is 839 g/mol. The molecular formula is C40H53F4N5O6S2. The van der Waals surface area contributed by atoms with Crippen LogP contribution in [0.25, 0.3) is 11.3 Å². The van der Waals surface area contributed by atoms with Gasteiger partial charge in [0, 0.05) is 23.5 Å². The van der Waals surface area contributed by atoms with Crippen LogP contribution in [0.2, 0.25) is 0 Å². The number of likely N-dealkylation sites (tertiary alicyclic amines) is 1. The third-order valence-corrected chi connectivity index (χ3v) is 12.4. The van der Waals surface area contributed by atoms with E-state index < -0.39 is 50.2 Å². The van der Waals surface area contributed by atoms with E-state index in [1.165, 1.54) is 35.5 Å². The largest absolute Gasteiger partial charge is 0.416 e. The summed E-state index contributed by atoms with van der Waals surface area (Å²) < 4.78 is 76.5. The Hall–Kier alpha value is -4.51. The summed E-state index contributed by atoms with van der Waals surface area (Å²) in [4.78, 5) is 50.0. The van der Waals surface area contributed by atoms with E-state index in [4.69, 9.17) is 5.73 Å². The van der Waals surface area contributed by atoms with Crippen molar-refractivity contribution >= 4 is 44.8 Å². The summed E-state index contributed by atoms with van der Waals surface area (Å²) >= 11 is 1.19. The summed E-state index contributed by atoms with van der Waals surface area (Å²) in [5.41, 5.74) is 5.82. The van der Waals surface area contributed by atoms with Crippen LogP contribution in [-0.2, 0) is 30.6 Å². The predicted octanol–water partition coefficient (Wildman–Crippen LogP) is 7.62. The first-order valence-electron chi connectivity index (χ1n) is 19.1. The molecule has 17 heteroatoms.